The molecule has 0 bridgehead atoms. The molecule has 2 atom stereocenters. The lowest BCUT2D eigenvalue weighted by Crippen LogP contribution is -2.33. The molecule has 2 rings (SSSR count). The first-order valence-corrected chi connectivity index (χ1v) is 6.81. The highest BCUT2D eigenvalue weighted by atomic mass is 16.4. The minimum Gasteiger partial charge on any atom is -0.425 e. The fourth-order valence-corrected chi connectivity index (χ4v) is 2.05. The van der Waals surface area contributed by atoms with E-state index in [2.05, 4.69) is 29.3 Å². The van der Waals surface area contributed by atoms with E-state index >= 15 is 0 Å². The van der Waals surface area contributed by atoms with Crippen LogP contribution in [-0.4, -0.2) is 28.0 Å². The third kappa shape index (κ3) is 3.88. The van der Waals surface area contributed by atoms with Gasteiger partial charge >= 0.3 is 0 Å². The summed E-state index contributed by atoms with van der Waals surface area (Å²) in [4.78, 5) is 0. The maximum absolute atomic E-state index is 9.02. The zero-order valence-electron chi connectivity index (χ0n) is 11.9. The monoisotopic (exact) mass is 275 g/mol. The Morgan fingerprint density at radius 2 is 2.05 bits per heavy atom. The Bertz CT molecular complexity index is 554. The van der Waals surface area contributed by atoms with E-state index in [4.69, 9.17) is 15.3 Å². The molecule has 1 aromatic carbocycles. The molecule has 0 aliphatic heterocycles. The molecule has 5 nitrogen and oxygen atoms in total. The average molecular weight is 275 g/mol. The minimum atomic E-state index is -0.262. The Morgan fingerprint density at radius 3 is 2.75 bits per heavy atom. The molecule has 1 aromatic heterocycles. The molecular formula is C15H21N3O2. The first-order valence-electron chi connectivity index (χ1n) is 6.81. The van der Waals surface area contributed by atoms with Gasteiger partial charge in [0.05, 0.1) is 13.0 Å². The molecule has 0 fully saturated rings. The van der Waals surface area contributed by atoms with Crippen LogP contribution >= 0.6 is 0 Å². The van der Waals surface area contributed by atoms with Crippen LogP contribution in [0.3, 0.4) is 0 Å². The number of hydrogen-bond donors (Lipinski definition) is 2. The van der Waals surface area contributed by atoms with Crippen molar-refractivity contribution in [1.29, 1.82) is 0 Å². The first-order chi connectivity index (χ1) is 9.58. The lowest BCUT2D eigenvalue weighted by atomic mass is 10.00. The quantitative estimate of drug-likeness (QED) is 0.833. The van der Waals surface area contributed by atoms with Gasteiger partial charge in [0, 0.05) is 12.5 Å². The molecule has 20 heavy (non-hydrogen) atoms. The van der Waals surface area contributed by atoms with Crippen molar-refractivity contribution >= 4 is 0 Å². The zero-order chi connectivity index (χ0) is 14.5. The van der Waals surface area contributed by atoms with Crippen LogP contribution in [-0.2, 0) is 12.8 Å². The summed E-state index contributed by atoms with van der Waals surface area (Å²) in [5.74, 6) is 1.28. The summed E-state index contributed by atoms with van der Waals surface area (Å²) in [5.41, 5.74) is 8.14. The molecule has 0 aliphatic carbocycles. The number of benzene rings is 1. The number of nitrogens with zero attached hydrogens (tertiary/aromatic N) is 2. The maximum Gasteiger partial charge on any atom is 0.220 e. The van der Waals surface area contributed by atoms with Crippen molar-refractivity contribution in [3.8, 4) is 0 Å². The molecular weight excluding hydrogens is 254 g/mol. The Hall–Kier alpha value is -1.72. The molecule has 5 heteroatoms. The van der Waals surface area contributed by atoms with Crippen LogP contribution in [0.2, 0.25) is 0 Å². The molecule has 2 unspecified atom stereocenters. The summed E-state index contributed by atoms with van der Waals surface area (Å²) in [6, 6.07) is 7.96. The lowest BCUT2D eigenvalue weighted by molar-refractivity contribution is 0.227. The highest BCUT2D eigenvalue weighted by Gasteiger charge is 2.16. The second-order valence-electron chi connectivity index (χ2n) is 5.28. The normalized spacial score (nSPS) is 14.2. The van der Waals surface area contributed by atoms with Gasteiger partial charge in [0.2, 0.25) is 11.8 Å². The molecule has 1 heterocycles. The summed E-state index contributed by atoms with van der Waals surface area (Å²) in [6.07, 6.45) is 1.22. The van der Waals surface area contributed by atoms with Gasteiger partial charge < -0.3 is 15.3 Å². The number of aromatic nitrogens is 2. The molecule has 0 spiro atoms. The molecule has 3 N–H and O–H groups in total. The van der Waals surface area contributed by atoms with Crippen molar-refractivity contribution in [1.82, 2.24) is 10.2 Å². The fourth-order valence-electron chi connectivity index (χ4n) is 2.05. The van der Waals surface area contributed by atoms with Crippen LogP contribution < -0.4 is 5.73 Å². The van der Waals surface area contributed by atoms with Crippen LogP contribution in [0.4, 0.5) is 0 Å². The van der Waals surface area contributed by atoms with E-state index in [9.17, 15) is 0 Å². The number of aliphatic hydroxyl groups excluding tert-OH is 1. The Labute approximate surface area is 118 Å². The van der Waals surface area contributed by atoms with Crippen LogP contribution in [0, 0.1) is 12.8 Å². The minimum absolute atomic E-state index is 0.0363. The van der Waals surface area contributed by atoms with Gasteiger partial charge in [-0.3, -0.25) is 0 Å². The topological polar surface area (TPSA) is 85.2 Å². The molecule has 2 aromatic rings. The molecule has 0 saturated heterocycles. The predicted molar refractivity (Wildman–Crippen MR) is 76.2 cm³/mol. The van der Waals surface area contributed by atoms with Gasteiger partial charge in [-0.1, -0.05) is 36.8 Å². The molecule has 0 aliphatic rings. The van der Waals surface area contributed by atoms with E-state index in [1.54, 1.807) is 0 Å². The van der Waals surface area contributed by atoms with Crippen molar-refractivity contribution in [3.05, 3.63) is 47.2 Å². The SMILES string of the molecule is Cc1cccc(Cc2nnc(CC(C)C(N)CO)o2)c1. The van der Waals surface area contributed by atoms with Gasteiger partial charge in [-0.2, -0.15) is 0 Å². The van der Waals surface area contributed by atoms with Crippen LogP contribution in [0.5, 0.6) is 0 Å². The highest BCUT2D eigenvalue weighted by Crippen LogP contribution is 2.13. The van der Waals surface area contributed by atoms with Crippen molar-refractivity contribution in [3.63, 3.8) is 0 Å². The van der Waals surface area contributed by atoms with Crippen molar-refractivity contribution in [2.75, 3.05) is 6.61 Å². The van der Waals surface area contributed by atoms with Crippen LogP contribution in [0.1, 0.15) is 29.8 Å². The second-order valence-corrected chi connectivity index (χ2v) is 5.28. The van der Waals surface area contributed by atoms with E-state index in [-0.39, 0.29) is 18.6 Å². The van der Waals surface area contributed by atoms with Gasteiger partial charge in [-0.05, 0) is 18.4 Å². The molecule has 0 amide bonds. The predicted octanol–water partition coefficient (Wildman–Crippen LogP) is 1.47. The Kier molecular flexibility index (Phi) is 4.87. The number of hydrogen-bond acceptors (Lipinski definition) is 5. The van der Waals surface area contributed by atoms with Crippen molar-refractivity contribution < 1.29 is 9.52 Å². The fraction of sp³-hybridized carbons (Fsp3) is 0.467. The smallest absolute Gasteiger partial charge is 0.220 e. The summed E-state index contributed by atoms with van der Waals surface area (Å²) in [7, 11) is 0. The summed E-state index contributed by atoms with van der Waals surface area (Å²) < 4.78 is 5.63. The van der Waals surface area contributed by atoms with Crippen molar-refractivity contribution in [2.45, 2.75) is 32.7 Å². The molecule has 0 radical (unpaired) electrons. The Morgan fingerprint density at radius 1 is 1.30 bits per heavy atom. The van der Waals surface area contributed by atoms with E-state index in [0.717, 1.165) is 5.56 Å². The number of aliphatic hydroxyl groups is 1. The van der Waals surface area contributed by atoms with Gasteiger partial charge in [0.15, 0.2) is 0 Å². The maximum atomic E-state index is 9.02. The molecule has 108 valence electrons. The number of rotatable bonds is 6. The summed E-state index contributed by atoms with van der Waals surface area (Å²) >= 11 is 0. The van der Waals surface area contributed by atoms with Crippen molar-refractivity contribution in [2.24, 2.45) is 11.7 Å². The molecule has 0 saturated carbocycles. The second kappa shape index (κ2) is 6.63. The highest BCUT2D eigenvalue weighted by molar-refractivity contribution is 5.24. The van der Waals surface area contributed by atoms with Gasteiger partial charge in [0.25, 0.3) is 0 Å². The van der Waals surface area contributed by atoms with E-state index in [0.29, 0.717) is 24.6 Å². The zero-order valence-corrected chi connectivity index (χ0v) is 11.9. The van der Waals surface area contributed by atoms with Crippen LogP contribution in [0.25, 0.3) is 0 Å². The number of nitrogens with two attached hydrogens (primary N) is 1. The standard InChI is InChI=1S/C15H21N3O2/c1-10-4-3-5-12(6-10)8-15-18-17-14(20-15)7-11(2)13(16)9-19/h3-6,11,13,19H,7-9,16H2,1-2H3. The summed E-state index contributed by atoms with van der Waals surface area (Å²) in [6.45, 7) is 3.98. The average Bonchev–Trinajstić information content (AvgIpc) is 2.85. The first kappa shape index (κ1) is 14.7. The largest absolute Gasteiger partial charge is 0.425 e. The van der Waals surface area contributed by atoms with Gasteiger partial charge in [0.1, 0.15) is 0 Å². The lowest BCUT2D eigenvalue weighted by Gasteiger charge is -2.14. The van der Waals surface area contributed by atoms with Gasteiger partial charge in [-0.15, -0.1) is 10.2 Å². The van der Waals surface area contributed by atoms with Gasteiger partial charge in [-0.25, -0.2) is 0 Å². The van der Waals surface area contributed by atoms with Crippen LogP contribution in [0.15, 0.2) is 28.7 Å². The third-order valence-electron chi connectivity index (χ3n) is 3.38. The third-order valence-corrected chi connectivity index (χ3v) is 3.38. The van der Waals surface area contributed by atoms with E-state index in [1.165, 1.54) is 5.56 Å². The van der Waals surface area contributed by atoms with E-state index < -0.39 is 0 Å². The summed E-state index contributed by atoms with van der Waals surface area (Å²) in [5, 5.41) is 17.1. The van der Waals surface area contributed by atoms with E-state index in [1.807, 2.05) is 19.1 Å². The Balaban J connectivity index is 1.99. The number of aryl methyl sites for hydroxylation is 1.